The molecule has 0 amide bonds. The summed E-state index contributed by atoms with van der Waals surface area (Å²) < 4.78 is 0. The molecule has 2 rings (SSSR count). The summed E-state index contributed by atoms with van der Waals surface area (Å²) in [6.45, 7) is 0.704. The fourth-order valence-corrected chi connectivity index (χ4v) is 1.49. The monoisotopic (exact) mass is 231 g/mol. The van der Waals surface area contributed by atoms with E-state index in [-0.39, 0.29) is 11.3 Å². The minimum absolute atomic E-state index is 0.223. The molecule has 5 heteroatoms. The van der Waals surface area contributed by atoms with Crippen LogP contribution >= 0.6 is 0 Å². The Morgan fingerprint density at radius 1 is 1.29 bits per heavy atom. The Morgan fingerprint density at radius 2 is 2.06 bits per heavy atom. The molecule has 3 N–H and O–H groups in total. The van der Waals surface area contributed by atoms with Crippen molar-refractivity contribution in [2.45, 2.75) is 6.42 Å². The van der Waals surface area contributed by atoms with Crippen LogP contribution in [0.15, 0.2) is 41.3 Å². The highest BCUT2D eigenvalue weighted by molar-refractivity contribution is 5.38. The van der Waals surface area contributed by atoms with Crippen LogP contribution in [-0.2, 0) is 6.42 Å². The predicted molar refractivity (Wildman–Crippen MR) is 65.2 cm³/mol. The van der Waals surface area contributed by atoms with Crippen LogP contribution in [-0.4, -0.2) is 21.8 Å². The number of anilines is 1. The van der Waals surface area contributed by atoms with Crippen LogP contribution in [0.25, 0.3) is 0 Å². The third-order valence-corrected chi connectivity index (χ3v) is 2.34. The highest BCUT2D eigenvalue weighted by atomic mass is 16.3. The van der Waals surface area contributed by atoms with Gasteiger partial charge in [0.1, 0.15) is 5.75 Å². The molecule has 0 atom stereocenters. The number of hydrogen-bond donors (Lipinski definition) is 3. The van der Waals surface area contributed by atoms with E-state index in [0.29, 0.717) is 12.2 Å². The lowest BCUT2D eigenvalue weighted by atomic mass is 10.1. The van der Waals surface area contributed by atoms with Gasteiger partial charge in [-0.15, -0.1) is 0 Å². The maximum atomic E-state index is 11.0. The summed E-state index contributed by atoms with van der Waals surface area (Å²) in [6, 6.07) is 8.51. The molecule has 0 spiro atoms. The lowest BCUT2D eigenvalue weighted by Crippen LogP contribution is -2.11. The highest BCUT2D eigenvalue weighted by Crippen LogP contribution is 2.10. The van der Waals surface area contributed by atoms with E-state index in [0.717, 1.165) is 12.0 Å². The molecule has 0 aliphatic carbocycles. The summed E-state index contributed by atoms with van der Waals surface area (Å²) in [6.07, 6.45) is 2.38. The van der Waals surface area contributed by atoms with E-state index in [1.165, 1.54) is 6.07 Å². The van der Waals surface area contributed by atoms with Gasteiger partial charge in [-0.05, 0) is 24.1 Å². The minimum atomic E-state index is -0.223. The second-order valence-corrected chi connectivity index (χ2v) is 3.68. The van der Waals surface area contributed by atoms with Crippen molar-refractivity contribution in [2.75, 3.05) is 11.9 Å². The summed E-state index contributed by atoms with van der Waals surface area (Å²) in [5.41, 5.74) is 1.60. The van der Waals surface area contributed by atoms with Crippen molar-refractivity contribution in [3.05, 3.63) is 52.4 Å². The Morgan fingerprint density at radius 3 is 2.76 bits per heavy atom. The van der Waals surface area contributed by atoms with E-state index < -0.39 is 0 Å². The van der Waals surface area contributed by atoms with Crippen molar-refractivity contribution in [1.82, 2.24) is 10.2 Å². The van der Waals surface area contributed by atoms with Gasteiger partial charge < -0.3 is 10.4 Å². The Balaban J connectivity index is 1.87. The first-order chi connectivity index (χ1) is 8.24. The van der Waals surface area contributed by atoms with Crippen molar-refractivity contribution in [1.29, 1.82) is 0 Å². The quantitative estimate of drug-likeness (QED) is 0.737. The third-order valence-electron chi connectivity index (χ3n) is 2.34. The van der Waals surface area contributed by atoms with Crippen LogP contribution in [0.2, 0.25) is 0 Å². The Hall–Kier alpha value is -2.30. The number of nitrogens with one attached hydrogen (secondary N) is 2. The van der Waals surface area contributed by atoms with Crippen LogP contribution in [0.5, 0.6) is 5.75 Å². The van der Waals surface area contributed by atoms with Gasteiger partial charge in [-0.1, -0.05) is 12.1 Å². The first-order valence-electron chi connectivity index (χ1n) is 5.30. The number of hydrogen-bond acceptors (Lipinski definition) is 4. The fraction of sp³-hybridized carbons (Fsp3) is 0.167. The standard InChI is InChI=1S/C12H13N3O2/c16-11-3-1-9(2-4-11)5-6-13-10-7-12(17)15-14-8-10/h1-4,7-8,16H,5-6H2,(H2,13,15,17). The largest absolute Gasteiger partial charge is 0.508 e. The molecule has 0 unspecified atom stereocenters. The van der Waals surface area contributed by atoms with Crippen LogP contribution in [0, 0.1) is 0 Å². The zero-order valence-corrected chi connectivity index (χ0v) is 9.18. The number of H-pyrrole nitrogens is 1. The van der Waals surface area contributed by atoms with E-state index in [9.17, 15) is 4.79 Å². The third kappa shape index (κ3) is 3.34. The molecule has 1 heterocycles. The van der Waals surface area contributed by atoms with Gasteiger partial charge in [-0.2, -0.15) is 5.10 Å². The topological polar surface area (TPSA) is 78.0 Å². The number of rotatable bonds is 4. The summed E-state index contributed by atoms with van der Waals surface area (Å²) in [7, 11) is 0. The maximum absolute atomic E-state index is 11.0. The van der Waals surface area contributed by atoms with Crippen molar-refractivity contribution in [2.24, 2.45) is 0 Å². The van der Waals surface area contributed by atoms with Gasteiger partial charge in [0.05, 0.1) is 11.9 Å². The molecule has 5 nitrogen and oxygen atoms in total. The summed E-state index contributed by atoms with van der Waals surface area (Å²) >= 11 is 0. The van der Waals surface area contributed by atoms with E-state index in [1.54, 1.807) is 18.3 Å². The smallest absolute Gasteiger partial charge is 0.266 e. The van der Waals surface area contributed by atoms with E-state index in [1.807, 2.05) is 12.1 Å². The van der Waals surface area contributed by atoms with E-state index >= 15 is 0 Å². The number of aromatic hydroxyl groups is 1. The van der Waals surface area contributed by atoms with Crippen LogP contribution < -0.4 is 10.9 Å². The Labute approximate surface area is 98.1 Å². The zero-order valence-electron chi connectivity index (χ0n) is 9.18. The first kappa shape index (κ1) is 11.2. The molecule has 0 saturated heterocycles. The van der Waals surface area contributed by atoms with Gasteiger partial charge in [0.25, 0.3) is 5.56 Å². The van der Waals surface area contributed by atoms with Crippen LogP contribution in [0.3, 0.4) is 0 Å². The molecule has 0 fully saturated rings. The summed E-state index contributed by atoms with van der Waals surface area (Å²) in [5, 5.41) is 18.2. The average Bonchev–Trinajstić information content (AvgIpc) is 2.32. The van der Waals surface area contributed by atoms with Gasteiger partial charge in [-0.3, -0.25) is 4.79 Å². The SMILES string of the molecule is O=c1cc(NCCc2ccc(O)cc2)cn[nH]1. The molecule has 1 aromatic carbocycles. The molecule has 2 aromatic rings. The summed E-state index contributed by atoms with van der Waals surface area (Å²) in [5.74, 6) is 0.264. The van der Waals surface area contributed by atoms with E-state index in [2.05, 4.69) is 15.5 Å². The molecule has 0 radical (unpaired) electrons. The summed E-state index contributed by atoms with van der Waals surface area (Å²) in [4.78, 5) is 11.0. The molecule has 88 valence electrons. The van der Waals surface area contributed by atoms with E-state index in [4.69, 9.17) is 5.11 Å². The number of nitrogens with zero attached hydrogens (tertiary/aromatic N) is 1. The molecular weight excluding hydrogens is 218 g/mol. The molecule has 0 bridgehead atoms. The van der Waals surface area contributed by atoms with Gasteiger partial charge in [0.2, 0.25) is 0 Å². The highest BCUT2D eigenvalue weighted by Gasteiger charge is 1.95. The molecule has 1 aromatic heterocycles. The van der Waals surface area contributed by atoms with Crippen molar-refractivity contribution < 1.29 is 5.11 Å². The lowest BCUT2D eigenvalue weighted by molar-refractivity contribution is 0.475. The number of phenols is 1. The lowest BCUT2D eigenvalue weighted by Gasteiger charge is -2.05. The number of aromatic nitrogens is 2. The van der Waals surface area contributed by atoms with Crippen molar-refractivity contribution in [3.8, 4) is 5.75 Å². The number of phenolic OH excluding ortho intramolecular Hbond substituents is 1. The van der Waals surface area contributed by atoms with Crippen LogP contribution in [0.4, 0.5) is 5.69 Å². The Kier molecular flexibility index (Phi) is 3.40. The number of aromatic amines is 1. The van der Waals surface area contributed by atoms with Gasteiger partial charge in [0.15, 0.2) is 0 Å². The Bertz CT molecular complexity index is 534. The van der Waals surface area contributed by atoms with Crippen LogP contribution in [0.1, 0.15) is 5.56 Å². The second kappa shape index (κ2) is 5.16. The molecule has 0 aliphatic rings. The minimum Gasteiger partial charge on any atom is -0.508 e. The predicted octanol–water partition coefficient (Wildman–Crippen LogP) is 1.13. The van der Waals surface area contributed by atoms with Crippen molar-refractivity contribution >= 4 is 5.69 Å². The first-order valence-corrected chi connectivity index (χ1v) is 5.30. The van der Waals surface area contributed by atoms with Gasteiger partial charge in [0, 0.05) is 12.6 Å². The molecular formula is C12H13N3O2. The molecule has 17 heavy (non-hydrogen) atoms. The normalized spacial score (nSPS) is 10.1. The fourth-order valence-electron chi connectivity index (χ4n) is 1.49. The second-order valence-electron chi connectivity index (χ2n) is 3.68. The van der Waals surface area contributed by atoms with Crippen molar-refractivity contribution in [3.63, 3.8) is 0 Å². The molecule has 0 saturated carbocycles. The average molecular weight is 231 g/mol. The van der Waals surface area contributed by atoms with Gasteiger partial charge >= 0.3 is 0 Å². The molecule has 0 aliphatic heterocycles. The van der Waals surface area contributed by atoms with Gasteiger partial charge in [-0.25, -0.2) is 5.10 Å². The number of benzene rings is 1. The zero-order chi connectivity index (χ0) is 12.1. The maximum Gasteiger partial charge on any atom is 0.266 e.